The molecule has 8 heteroatoms. The molecule has 0 aliphatic carbocycles. The number of urea groups is 1. The van der Waals surface area contributed by atoms with Crippen LogP contribution in [0.3, 0.4) is 0 Å². The summed E-state index contributed by atoms with van der Waals surface area (Å²) in [6, 6.07) is 13.2. The van der Waals surface area contributed by atoms with Gasteiger partial charge in [-0.25, -0.2) is 14.0 Å². The zero-order valence-corrected chi connectivity index (χ0v) is 22.2. The van der Waals surface area contributed by atoms with Gasteiger partial charge in [0.2, 0.25) is 0 Å². The number of rotatable bonds is 17. The fourth-order valence-electron chi connectivity index (χ4n) is 4.25. The molecule has 1 unspecified atom stereocenters. The summed E-state index contributed by atoms with van der Waals surface area (Å²) in [4.78, 5) is 26.2. The molecule has 1 atom stereocenters. The molecule has 2 aromatic carbocycles. The first-order valence-electron chi connectivity index (χ1n) is 13.2. The molecule has 0 saturated carbocycles. The van der Waals surface area contributed by atoms with Gasteiger partial charge in [-0.05, 0) is 61.1 Å². The maximum absolute atomic E-state index is 13.2. The molecule has 2 aromatic rings. The highest BCUT2D eigenvalue weighted by molar-refractivity contribution is 5.74. The molecule has 2 rings (SSSR count). The first kappa shape index (κ1) is 30.1. The van der Waals surface area contributed by atoms with Gasteiger partial charge in [0.15, 0.2) is 6.10 Å². The van der Waals surface area contributed by atoms with Crippen LogP contribution in [0.25, 0.3) is 0 Å². The van der Waals surface area contributed by atoms with Gasteiger partial charge < -0.3 is 24.8 Å². The standard InChI is InChI=1S/C29H41FN2O5/c1-4-7-24(8-5-2)21-32(29(35)31-20-23-9-13-25(30)14-10-23)17-18-37-26-15-11-22(12-16-26)19-27(28(33)34)36-6-3/h9-16,24,27H,4-8,17-21H2,1-3H3,(H,31,35)(H,33,34). The molecule has 0 aliphatic rings. The summed E-state index contributed by atoms with van der Waals surface area (Å²) in [6.07, 6.45) is 3.63. The Balaban J connectivity index is 1.96. The molecule has 0 aliphatic heterocycles. The number of carbonyl (C=O) groups is 2. The highest BCUT2D eigenvalue weighted by Gasteiger charge is 2.19. The summed E-state index contributed by atoms with van der Waals surface area (Å²) >= 11 is 0. The van der Waals surface area contributed by atoms with Crippen LogP contribution in [0.5, 0.6) is 5.75 Å². The monoisotopic (exact) mass is 516 g/mol. The van der Waals surface area contributed by atoms with Gasteiger partial charge in [-0.3, -0.25) is 0 Å². The van der Waals surface area contributed by atoms with E-state index < -0.39 is 12.1 Å². The number of hydrogen-bond donors (Lipinski definition) is 2. The van der Waals surface area contributed by atoms with Gasteiger partial charge in [-0.2, -0.15) is 0 Å². The molecule has 0 saturated heterocycles. The number of nitrogens with one attached hydrogen (secondary N) is 1. The molecule has 2 N–H and O–H groups in total. The quantitative estimate of drug-likeness (QED) is 0.283. The Morgan fingerprint density at radius 3 is 2.16 bits per heavy atom. The SMILES string of the molecule is CCCC(CCC)CN(CCOc1ccc(CC(OCC)C(=O)O)cc1)C(=O)NCc1ccc(F)cc1. The Labute approximate surface area is 220 Å². The van der Waals surface area contributed by atoms with E-state index >= 15 is 0 Å². The lowest BCUT2D eigenvalue weighted by atomic mass is 9.98. The van der Waals surface area contributed by atoms with Gasteiger partial charge in [0, 0.05) is 26.1 Å². The van der Waals surface area contributed by atoms with Crippen molar-refractivity contribution in [1.82, 2.24) is 10.2 Å². The maximum Gasteiger partial charge on any atom is 0.333 e. The van der Waals surface area contributed by atoms with Gasteiger partial charge in [0.25, 0.3) is 0 Å². The smallest absolute Gasteiger partial charge is 0.333 e. The van der Waals surface area contributed by atoms with Crippen LogP contribution < -0.4 is 10.1 Å². The number of hydrogen-bond acceptors (Lipinski definition) is 4. The fraction of sp³-hybridized carbons (Fsp3) is 0.517. The van der Waals surface area contributed by atoms with E-state index in [1.165, 1.54) is 12.1 Å². The van der Waals surface area contributed by atoms with E-state index in [9.17, 15) is 19.1 Å². The van der Waals surface area contributed by atoms with Crippen LogP contribution in [0.1, 0.15) is 57.6 Å². The second-order valence-electron chi connectivity index (χ2n) is 9.15. The Morgan fingerprint density at radius 2 is 1.59 bits per heavy atom. The van der Waals surface area contributed by atoms with Crippen molar-refractivity contribution in [1.29, 1.82) is 0 Å². The van der Waals surface area contributed by atoms with Gasteiger partial charge in [-0.1, -0.05) is 51.0 Å². The summed E-state index contributed by atoms with van der Waals surface area (Å²) in [6.45, 7) is 8.13. The summed E-state index contributed by atoms with van der Waals surface area (Å²) in [5.74, 6) is -0.222. The molecular weight excluding hydrogens is 475 g/mol. The number of carboxylic acid groups (broad SMARTS) is 1. The second kappa shape index (κ2) is 16.6. The van der Waals surface area contributed by atoms with E-state index in [2.05, 4.69) is 19.2 Å². The lowest BCUT2D eigenvalue weighted by molar-refractivity contribution is -0.149. The van der Waals surface area contributed by atoms with Crippen LogP contribution >= 0.6 is 0 Å². The second-order valence-corrected chi connectivity index (χ2v) is 9.15. The maximum atomic E-state index is 13.2. The van der Waals surface area contributed by atoms with Gasteiger partial charge in [0.05, 0.1) is 6.54 Å². The molecule has 0 bridgehead atoms. The molecule has 204 valence electrons. The number of carbonyl (C=O) groups excluding carboxylic acids is 1. The van der Waals surface area contributed by atoms with Crippen molar-refractivity contribution < 1.29 is 28.6 Å². The van der Waals surface area contributed by atoms with Crippen LogP contribution in [0, 0.1) is 11.7 Å². The number of ether oxygens (including phenoxy) is 2. The van der Waals surface area contributed by atoms with Crippen molar-refractivity contribution in [3.63, 3.8) is 0 Å². The third-order valence-electron chi connectivity index (χ3n) is 6.13. The number of carboxylic acids is 1. The third kappa shape index (κ3) is 11.2. The molecule has 0 aromatic heterocycles. The van der Waals surface area contributed by atoms with Crippen LogP contribution in [-0.2, 0) is 22.5 Å². The van der Waals surface area contributed by atoms with E-state index in [0.29, 0.717) is 44.5 Å². The van der Waals surface area contributed by atoms with Crippen LogP contribution in [-0.4, -0.2) is 54.4 Å². The zero-order valence-electron chi connectivity index (χ0n) is 22.2. The van der Waals surface area contributed by atoms with Crippen molar-refractivity contribution in [2.45, 2.75) is 65.5 Å². The van der Waals surface area contributed by atoms with Crippen molar-refractivity contribution in [2.75, 3.05) is 26.3 Å². The topological polar surface area (TPSA) is 88.1 Å². The normalized spacial score (nSPS) is 11.8. The molecule has 0 fully saturated rings. The van der Waals surface area contributed by atoms with Crippen molar-refractivity contribution >= 4 is 12.0 Å². The Bertz CT molecular complexity index is 930. The van der Waals surface area contributed by atoms with Gasteiger partial charge in [-0.15, -0.1) is 0 Å². The number of nitrogens with zero attached hydrogens (tertiary/aromatic N) is 1. The minimum absolute atomic E-state index is 0.170. The average molecular weight is 517 g/mol. The largest absolute Gasteiger partial charge is 0.492 e. The van der Waals surface area contributed by atoms with E-state index in [4.69, 9.17) is 9.47 Å². The van der Waals surface area contributed by atoms with E-state index in [-0.39, 0.29) is 18.3 Å². The third-order valence-corrected chi connectivity index (χ3v) is 6.13. The number of benzene rings is 2. The average Bonchev–Trinajstić information content (AvgIpc) is 2.88. The minimum Gasteiger partial charge on any atom is -0.492 e. The Kier molecular flexibility index (Phi) is 13.5. The predicted molar refractivity (Wildman–Crippen MR) is 142 cm³/mol. The lowest BCUT2D eigenvalue weighted by Gasteiger charge is -2.28. The van der Waals surface area contributed by atoms with Gasteiger partial charge >= 0.3 is 12.0 Å². The van der Waals surface area contributed by atoms with Gasteiger partial charge in [0.1, 0.15) is 18.2 Å². The van der Waals surface area contributed by atoms with Crippen LogP contribution in [0.15, 0.2) is 48.5 Å². The molecular formula is C29H41FN2O5. The summed E-state index contributed by atoms with van der Waals surface area (Å²) in [5, 5.41) is 12.2. The van der Waals surface area contributed by atoms with Crippen molar-refractivity contribution in [2.24, 2.45) is 5.92 Å². The van der Waals surface area contributed by atoms with Crippen molar-refractivity contribution in [3.05, 3.63) is 65.5 Å². The minimum atomic E-state index is -0.982. The first-order valence-corrected chi connectivity index (χ1v) is 13.2. The van der Waals surface area contributed by atoms with Crippen molar-refractivity contribution in [3.8, 4) is 5.75 Å². The number of amides is 2. The fourth-order valence-corrected chi connectivity index (χ4v) is 4.25. The molecule has 0 spiro atoms. The molecule has 2 amide bonds. The number of aliphatic carboxylic acids is 1. The van der Waals surface area contributed by atoms with Crippen LogP contribution in [0.2, 0.25) is 0 Å². The molecule has 0 heterocycles. The number of halogens is 1. The molecule has 7 nitrogen and oxygen atoms in total. The molecule has 37 heavy (non-hydrogen) atoms. The predicted octanol–water partition coefficient (Wildman–Crippen LogP) is 5.66. The Hall–Kier alpha value is -3.13. The summed E-state index contributed by atoms with van der Waals surface area (Å²) < 4.78 is 24.4. The summed E-state index contributed by atoms with van der Waals surface area (Å²) in [7, 11) is 0. The van der Waals surface area contributed by atoms with E-state index in [1.807, 2.05) is 12.1 Å². The van der Waals surface area contributed by atoms with E-state index in [1.54, 1.807) is 36.1 Å². The lowest BCUT2D eigenvalue weighted by Crippen LogP contribution is -2.44. The van der Waals surface area contributed by atoms with E-state index in [0.717, 1.165) is 36.8 Å². The summed E-state index contributed by atoms with van der Waals surface area (Å²) in [5.41, 5.74) is 1.68. The highest BCUT2D eigenvalue weighted by Crippen LogP contribution is 2.17. The molecule has 0 radical (unpaired) electrons. The highest BCUT2D eigenvalue weighted by atomic mass is 19.1. The van der Waals surface area contributed by atoms with Crippen LogP contribution in [0.4, 0.5) is 9.18 Å². The Morgan fingerprint density at radius 1 is 0.973 bits per heavy atom. The zero-order chi connectivity index (χ0) is 27.0. The first-order chi connectivity index (χ1) is 17.9.